The van der Waals surface area contributed by atoms with Gasteiger partial charge in [-0.1, -0.05) is 38.5 Å². The van der Waals surface area contributed by atoms with Crippen LogP contribution in [0.5, 0.6) is 17.2 Å². The van der Waals surface area contributed by atoms with Crippen LogP contribution in [0, 0.1) is 0 Å². The fourth-order valence-electron chi connectivity index (χ4n) is 3.28. The molecule has 0 aromatic heterocycles. The minimum absolute atomic E-state index is 0.392. The summed E-state index contributed by atoms with van der Waals surface area (Å²) in [5, 5.41) is 0. The molecule has 1 unspecified atom stereocenters. The van der Waals surface area contributed by atoms with Gasteiger partial charge in [0, 0.05) is 0 Å². The number of methoxy groups -OCH3 is 1. The molecule has 1 aliphatic heterocycles. The Morgan fingerprint density at radius 2 is 1.40 bits per heavy atom. The van der Waals surface area contributed by atoms with E-state index in [1.807, 2.05) is 12.1 Å². The minimum Gasteiger partial charge on any atom is -0.497 e. The van der Waals surface area contributed by atoms with E-state index in [0.717, 1.165) is 24.5 Å². The fraction of sp³-hybridized carbons (Fsp3) is 0.480. The van der Waals surface area contributed by atoms with E-state index < -0.39 is 5.97 Å². The number of ether oxygens (including phenoxy) is 4. The zero-order chi connectivity index (χ0) is 21.0. The maximum Gasteiger partial charge on any atom is 0.343 e. The summed E-state index contributed by atoms with van der Waals surface area (Å²) in [6.07, 6.45) is 10.6. The Hall–Kier alpha value is -2.53. The third kappa shape index (κ3) is 8.07. The van der Waals surface area contributed by atoms with Crippen LogP contribution in [0.25, 0.3) is 0 Å². The van der Waals surface area contributed by atoms with Crippen LogP contribution < -0.4 is 14.2 Å². The molecule has 1 heterocycles. The third-order valence-electron chi connectivity index (χ3n) is 5.20. The Bertz CT molecular complexity index is 750. The molecular weight excluding hydrogens is 380 g/mol. The van der Waals surface area contributed by atoms with Gasteiger partial charge >= 0.3 is 5.97 Å². The van der Waals surface area contributed by atoms with E-state index in [9.17, 15) is 4.79 Å². The molecule has 0 spiro atoms. The van der Waals surface area contributed by atoms with Crippen LogP contribution in [0.1, 0.15) is 61.7 Å². The predicted octanol–water partition coefficient (Wildman–Crippen LogP) is 5.81. The van der Waals surface area contributed by atoms with Crippen LogP contribution in [-0.2, 0) is 4.74 Å². The molecule has 2 aromatic rings. The summed E-state index contributed by atoms with van der Waals surface area (Å²) in [4.78, 5) is 12.2. The molecule has 3 rings (SSSR count). The number of hydrogen-bond acceptors (Lipinski definition) is 5. The number of hydrogen-bond donors (Lipinski definition) is 0. The lowest BCUT2D eigenvalue weighted by Crippen LogP contribution is -2.08. The van der Waals surface area contributed by atoms with Crippen molar-refractivity contribution in [3.05, 3.63) is 54.1 Å². The Morgan fingerprint density at radius 1 is 0.833 bits per heavy atom. The summed E-state index contributed by atoms with van der Waals surface area (Å²) in [5.41, 5.74) is 0.492. The van der Waals surface area contributed by atoms with Crippen molar-refractivity contribution in [1.82, 2.24) is 0 Å². The molecule has 2 aromatic carbocycles. The number of esters is 1. The molecule has 1 aliphatic rings. The van der Waals surface area contributed by atoms with Crippen LogP contribution in [0.2, 0.25) is 0 Å². The van der Waals surface area contributed by atoms with Crippen molar-refractivity contribution in [1.29, 1.82) is 0 Å². The normalized spacial score (nSPS) is 14.9. The number of unbranched alkanes of at least 4 members (excludes halogenated alkanes) is 6. The van der Waals surface area contributed by atoms with Crippen molar-refractivity contribution < 1.29 is 23.7 Å². The average molecular weight is 413 g/mol. The predicted molar refractivity (Wildman–Crippen MR) is 117 cm³/mol. The van der Waals surface area contributed by atoms with Crippen LogP contribution in [0.4, 0.5) is 0 Å². The van der Waals surface area contributed by atoms with Crippen LogP contribution >= 0.6 is 0 Å². The van der Waals surface area contributed by atoms with Crippen molar-refractivity contribution in [2.75, 3.05) is 20.3 Å². The van der Waals surface area contributed by atoms with Crippen molar-refractivity contribution in [3.8, 4) is 17.2 Å². The van der Waals surface area contributed by atoms with Crippen LogP contribution in [0.15, 0.2) is 48.5 Å². The molecule has 0 bridgehead atoms. The van der Waals surface area contributed by atoms with Crippen molar-refractivity contribution in [2.45, 2.75) is 57.5 Å². The first-order valence-corrected chi connectivity index (χ1v) is 11.0. The fourth-order valence-corrected chi connectivity index (χ4v) is 3.28. The summed E-state index contributed by atoms with van der Waals surface area (Å²) in [5.74, 6) is 1.59. The zero-order valence-corrected chi connectivity index (χ0v) is 17.8. The molecule has 0 amide bonds. The Balaban J connectivity index is 1.26. The topological polar surface area (TPSA) is 57.3 Å². The monoisotopic (exact) mass is 412 g/mol. The highest BCUT2D eigenvalue weighted by molar-refractivity contribution is 5.91. The third-order valence-corrected chi connectivity index (χ3v) is 5.20. The molecule has 5 heteroatoms. The quantitative estimate of drug-likeness (QED) is 0.170. The van der Waals surface area contributed by atoms with Crippen molar-refractivity contribution in [2.24, 2.45) is 0 Å². The summed E-state index contributed by atoms with van der Waals surface area (Å²) >= 11 is 0. The second kappa shape index (κ2) is 12.2. The molecule has 1 fully saturated rings. The molecule has 0 saturated carbocycles. The van der Waals surface area contributed by atoms with Crippen LogP contribution in [-0.4, -0.2) is 32.4 Å². The molecule has 0 N–H and O–H groups in total. The zero-order valence-electron chi connectivity index (χ0n) is 17.8. The smallest absolute Gasteiger partial charge is 0.343 e. The Labute approximate surface area is 179 Å². The van der Waals surface area contributed by atoms with Gasteiger partial charge in [-0.15, -0.1) is 0 Å². The van der Waals surface area contributed by atoms with Gasteiger partial charge in [-0.05, 0) is 61.4 Å². The highest BCUT2D eigenvalue weighted by atomic mass is 16.6. The van der Waals surface area contributed by atoms with Crippen molar-refractivity contribution >= 4 is 5.97 Å². The minimum atomic E-state index is -0.392. The van der Waals surface area contributed by atoms with Gasteiger partial charge in [0.25, 0.3) is 0 Å². The maximum absolute atomic E-state index is 12.2. The molecular formula is C25H32O5. The van der Waals surface area contributed by atoms with Gasteiger partial charge in [0.15, 0.2) is 0 Å². The molecule has 162 valence electrons. The van der Waals surface area contributed by atoms with Gasteiger partial charge < -0.3 is 18.9 Å². The molecule has 5 nitrogen and oxygen atoms in total. The highest BCUT2D eigenvalue weighted by Gasteiger charge is 2.20. The second-order valence-electron chi connectivity index (χ2n) is 7.66. The molecule has 1 atom stereocenters. The number of carbonyl (C=O) groups excluding carboxylic acids is 1. The summed E-state index contributed by atoms with van der Waals surface area (Å²) in [7, 11) is 1.60. The van der Waals surface area contributed by atoms with E-state index in [1.165, 1.54) is 44.9 Å². The lowest BCUT2D eigenvalue weighted by molar-refractivity contribution is 0.0734. The van der Waals surface area contributed by atoms with Gasteiger partial charge in [0.1, 0.15) is 17.2 Å². The van der Waals surface area contributed by atoms with E-state index in [1.54, 1.807) is 43.5 Å². The Morgan fingerprint density at radius 3 is 2.03 bits per heavy atom. The standard InChI is InChI=1S/C25H32O5/c1-27-21-14-16-23(17-15-21)30-25(26)20-10-12-22(13-11-20)28-18-8-6-4-2-3-5-7-9-24-19-29-24/h10-17,24H,2-9,18-19H2,1H3. The van der Waals surface area contributed by atoms with Gasteiger partial charge in [-0.2, -0.15) is 0 Å². The van der Waals surface area contributed by atoms with E-state index in [0.29, 0.717) is 24.0 Å². The lowest BCUT2D eigenvalue weighted by Gasteiger charge is -2.08. The first-order chi connectivity index (χ1) is 14.7. The summed E-state index contributed by atoms with van der Waals surface area (Å²) in [6, 6.07) is 14.0. The molecule has 1 saturated heterocycles. The van der Waals surface area contributed by atoms with Gasteiger partial charge in [0.2, 0.25) is 0 Å². The molecule has 30 heavy (non-hydrogen) atoms. The van der Waals surface area contributed by atoms with E-state index in [-0.39, 0.29) is 0 Å². The number of carbonyl (C=O) groups is 1. The average Bonchev–Trinajstić information content (AvgIpc) is 3.60. The second-order valence-corrected chi connectivity index (χ2v) is 7.66. The maximum atomic E-state index is 12.2. The Kier molecular flexibility index (Phi) is 9.04. The van der Waals surface area contributed by atoms with E-state index in [4.69, 9.17) is 18.9 Å². The van der Waals surface area contributed by atoms with Gasteiger partial charge in [0.05, 0.1) is 32.0 Å². The summed E-state index contributed by atoms with van der Waals surface area (Å²) in [6.45, 7) is 1.69. The highest BCUT2D eigenvalue weighted by Crippen LogP contribution is 2.20. The first kappa shape index (κ1) is 22.2. The molecule has 0 radical (unpaired) electrons. The number of epoxide rings is 1. The van der Waals surface area contributed by atoms with E-state index >= 15 is 0 Å². The van der Waals surface area contributed by atoms with Crippen LogP contribution in [0.3, 0.4) is 0 Å². The SMILES string of the molecule is COc1ccc(OC(=O)c2ccc(OCCCCCCCCCC3CO3)cc2)cc1. The molecule has 0 aliphatic carbocycles. The van der Waals surface area contributed by atoms with Gasteiger partial charge in [-0.25, -0.2) is 4.79 Å². The summed E-state index contributed by atoms with van der Waals surface area (Å²) < 4.78 is 21.5. The van der Waals surface area contributed by atoms with Gasteiger partial charge in [-0.3, -0.25) is 0 Å². The number of benzene rings is 2. The van der Waals surface area contributed by atoms with Crippen molar-refractivity contribution in [3.63, 3.8) is 0 Å². The first-order valence-electron chi connectivity index (χ1n) is 11.0. The largest absolute Gasteiger partial charge is 0.497 e. The number of rotatable bonds is 14. The lowest BCUT2D eigenvalue weighted by atomic mass is 10.1. The van der Waals surface area contributed by atoms with E-state index in [2.05, 4.69) is 0 Å².